The SMILES string of the molecule is CCNC1CCCCO1. The molecule has 0 aromatic heterocycles. The maximum absolute atomic E-state index is 5.41. The minimum absolute atomic E-state index is 0.351. The molecule has 1 aliphatic heterocycles. The maximum atomic E-state index is 5.41. The fourth-order valence-corrected chi connectivity index (χ4v) is 1.13. The van der Waals surface area contributed by atoms with Crippen molar-refractivity contribution in [3.8, 4) is 0 Å². The van der Waals surface area contributed by atoms with Gasteiger partial charge in [-0.05, 0) is 25.8 Å². The Labute approximate surface area is 56.6 Å². The predicted molar refractivity (Wildman–Crippen MR) is 37.3 cm³/mol. The van der Waals surface area contributed by atoms with Gasteiger partial charge in [-0.2, -0.15) is 0 Å². The van der Waals surface area contributed by atoms with Gasteiger partial charge in [-0.15, -0.1) is 0 Å². The lowest BCUT2D eigenvalue weighted by molar-refractivity contribution is -0.00398. The van der Waals surface area contributed by atoms with Gasteiger partial charge in [0.15, 0.2) is 0 Å². The van der Waals surface area contributed by atoms with Crippen molar-refractivity contribution in [2.75, 3.05) is 13.2 Å². The molecule has 1 atom stereocenters. The van der Waals surface area contributed by atoms with Crippen LogP contribution in [0.4, 0.5) is 0 Å². The third-order valence-corrected chi connectivity index (χ3v) is 1.61. The Kier molecular flexibility index (Phi) is 3.01. The lowest BCUT2D eigenvalue weighted by Crippen LogP contribution is -2.34. The van der Waals surface area contributed by atoms with E-state index >= 15 is 0 Å². The molecule has 0 aromatic rings. The van der Waals surface area contributed by atoms with E-state index in [1.54, 1.807) is 0 Å². The van der Waals surface area contributed by atoms with Crippen LogP contribution in [0.5, 0.6) is 0 Å². The summed E-state index contributed by atoms with van der Waals surface area (Å²) < 4.78 is 5.41. The van der Waals surface area contributed by atoms with Gasteiger partial charge in [0.05, 0.1) is 0 Å². The molecule has 0 saturated carbocycles. The first-order valence-corrected chi connectivity index (χ1v) is 3.78. The highest BCUT2D eigenvalue weighted by Crippen LogP contribution is 2.09. The Balaban J connectivity index is 2.08. The Morgan fingerprint density at radius 2 is 2.44 bits per heavy atom. The van der Waals surface area contributed by atoms with Crippen LogP contribution in [-0.4, -0.2) is 19.4 Å². The van der Waals surface area contributed by atoms with Crippen LogP contribution in [-0.2, 0) is 4.74 Å². The molecular formula is C7H15NO. The van der Waals surface area contributed by atoms with Crippen molar-refractivity contribution in [2.24, 2.45) is 0 Å². The van der Waals surface area contributed by atoms with Crippen molar-refractivity contribution in [3.05, 3.63) is 0 Å². The molecule has 1 N–H and O–H groups in total. The fourth-order valence-electron chi connectivity index (χ4n) is 1.13. The van der Waals surface area contributed by atoms with Crippen molar-refractivity contribution in [1.29, 1.82) is 0 Å². The molecule has 1 aliphatic rings. The predicted octanol–water partition coefficient (Wildman–Crippen LogP) is 1.12. The van der Waals surface area contributed by atoms with E-state index in [4.69, 9.17) is 4.74 Å². The van der Waals surface area contributed by atoms with Crippen LogP contribution in [0.3, 0.4) is 0 Å². The maximum Gasteiger partial charge on any atom is 0.108 e. The summed E-state index contributed by atoms with van der Waals surface area (Å²) in [6.45, 7) is 4.07. The zero-order valence-electron chi connectivity index (χ0n) is 6.02. The summed E-state index contributed by atoms with van der Waals surface area (Å²) in [6.07, 6.45) is 4.09. The minimum atomic E-state index is 0.351. The lowest BCUT2D eigenvalue weighted by atomic mass is 10.2. The van der Waals surface area contributed by atoms with Crippen LogP contribution in [0.1, 0.15) is 26.2 Å². The number of rotatable bonds is 2. The Morgan fingerprint density at radius 1 is 1.56 bits per heavy atom. The zero-order valence-corrected chi connectivity index (χ0v) is 6.02. The molecule has 1 saturated heterocycles. The van der Waals surface area contributed by atoms with Crippen molar-refractivity contribution >= 4 is 0 Å². The lowest BCUT2D eigenvalue weighted by Gasteiger charge is -2.22. The first kappa shape index (κ1) is 7.03. The summed E-state index contributed by atoms with van der Waals surface area (Å²) in [4.78, 5) is 0. The zero-order chi connectivity index (χ0) is 6.53. The van der Waals surface area contributed by atoms with Crippen LogP contribution >= 0.6 is 0 Å². The molecule has 1 rings (SSSR count). The Bertz CT molecular complexity index is 66.6. The van der Waals surface area contributed by atoms with Crippen molar-refractivity contribution in [1.82, 2.24) is 5.32 Å². The molecule has 0 spiro atoms. The van der Waals surface area contributed by atoms with E-state index in [2.05, 4.69) is 12.2 Å². The molecule has 54 valence electrons. The minimum Gasteiger partial charge on any atom is -0.363 e. The summed E-state index contributed by atoms with van der Waals surface area (Å²) in [6, 6.07) is 0. The molecule has 1 fully saturated rings. The van der Waals surface area contributed by atoms with Gasteiger partial charge < -0.3 is 4.74 Å². The quantitative estimate of drug-likeness (QED) is 0.603. The van der Waals surface area contributed by atoms with Gasteiger partial charge >= 0.3 is 0 Å². The summed E-state index contributed by atoms with van der Waals surface area (Å²) in [5.74, 6) is 0. The fraction of sp³-hybridized carbons (Fsp3) is 1.00. The second kappa shape index (κ2) is 3.85. The first-order valence-electron chi connectivity index (χ1n) is 3.78. The Morgan fingerprint density at radius 3 is 3.00 bits per heavy atom. The summed E-state index contributed by atoms with van der Waals surface area (Å²) in [7, 11) is 0. The van der Waals surface area contributed by atoms with Crippen molar-refractivity contribution in [2.45, 2.75) is 32.4 Å². The van der Waals surface area contributed by atoms with E-state index in [0.29, 0.717) is 6.23 Å². The molecule has 0 aliphatic carbocycles. The third-order valence-electron chi connectivity index (χ3n) is 1.61. The van der Waals surface area contributed by atoms with E-state index < -0.39 is 0 Å². The van der Waals surface area contributed by atoms with E-state index in [9.17, 15) is 0 Å². The smallest absolute Gasteiger partial charge is 0.108 e. The second-order valence-corrected chi connectivity index (χ2v) is 2.41. The average Bonchev–Trinajstić information content (AvgIpc) is 1.91. The van der Waals surface area contributed by atoms with Crippen molar-refractivity contribution < 1.29 is 4.74 Å². The molecular weight excluding hydrogens is 114 g/mol. The van der Waals surface area contributed by atoms with E-state index in [1.165, 1.54) is 19.3 Å². The summed E-state index contributed by atoms with van der Waals surface area (Å²) in [5, 5.41) is 3.26. The highest BCUT2D eigenvalue weighted by molar-refractivity contribution is 4.59. The molecule has 0 amide bonds. The molecule has 0 bridgehead atoms. The highest BCUT2D eigenvalue weighted by Gasteiger charge is 2.10. The van der Waals surface area contributed by atoms with E-state index in [1.807, 2.05) is 0 Å². The monoisotopic (exact) mass is 129 g/mol. The third kappa shape index (κ3) is 2.33. The molecule has 0 aromatic carbocycles. The molecule has 0 radical (unpaired) electrons. The van der Waals surface area contributed by atoms with Gasteiger partial charge in [0.1, 0.15) is 6.23 Å². The van der Waals surface area contributed by atoms with Gasteiger partial charge in [-0.3, -0.25) is 5.32 Å². The topological polar surface area (TPSA) is 21.3 Å². The summed E-state index contributed by atoms with van der Waals surface area (Å²) in [5.41, 5.74) is 0. The second-order valence-electron chi connectivity index (χ2n) is 2.41. The van der Waals surface area contributed by atoms with Gasteiger partial charge in [0.2, 0.25) is 0 Å². The first-order chi connectivity index (χ1) is 4.43. The van der Waals surface area contributed by atoms with Gasteiger partial charge in [-0.25, -0.2) is 0 Å². The van der Waals surface area contributed by atoms with Crippen LogP contribution in [0, 0.1) is 0 Å². The van der Waals surface area contributed by atoms with Crippen molar-refractivity contribution in [3.63, 3.8) is 0 Å². The number of hydrogen-bond acceptors (Lipinski definition) is 2. The van der Waals surface area contributed by atoms with Crippen LogP contribution in [0.2, 0.25) is 0 Å². The van der Waals surface area contributed by atoms with Crippen LogP contribution < -0.4 is 5.32 Å². The largest absolute Gasteiger partial charge is 0.363 e. The standard InChI is InChI=1S/C7H15NO/c1-2-8-7-5-3-4-6-9-7/h7-8H,2-6H2,1H3. The molecule has 2 nitrogen and oxygen atoms in total. The van der Waals surface area contributed by atoms with Gasteiger partial charge in [-0.1, -0.05) is 6.92 Å². The van der Waals surface area contributed by atoms with E-state index in [-0.39, 0.29) is 0 Å². The van der Waals surface area contributed by atoms with Crippen LogP contribution in [0.15, 0.2) is 0 Å². The highest BCUT2D eigenvalue weighted by atomic mass is 16.5. The number of nitrogens with one attached hydrogen (secondary N) is 1. The van der Waals surface area contributed by atoms with Gasteiger partial charge in [0.25, 0.3) is 0 Å². The molecule has 9 heavy (non-hydrogen) atoms. The van der Waals surface area contributed by atoms with Crippen LogP contribution in [0.25, 0.3) is 0 Å². The average molecular weight is 129 g/mol. The summed E-state index contributed by atoms with van der Waals surface area (Å²) >= 11 is 0. The normalized spacial score (nSPS) is 28.3. The number of hydrogen-bond donors (Lipinski definition) is 1. The van der Waals surface area contributed by atoms with E-state index in [0.717, 1.165) is 13.2 Å². The number of ether oxygens (including phenoxy) is 1. The molecule has 1 unspecified atom stereocenters. The molecule has 1 heterocycles. The molecule has 2 heteroatoms. The Hall–Kier alpha value is -0.0800. The van der Waals surface area contributed by atoms with Gasteiger partial charge in [0, 0.05) is 6.61 Å².